The molecule has 2 rings (SSSR count). The molecule has 0 bridgehead atoms. The Labute approximate surface area is 136 Å². The zero-order chi connectivity index (χ0) is 15.8. The number of fused-ring (bicyclic) bond motifs is 1. The van der Waals surface area contributed by atoms with Crippen LogP contribution < -0.4 is 0 Å². The summed E-state index contributed by atoms with van der Waals surface area (Å²) in [5, 5.41) is 0. The van der Waals surface area contributed by atoms with E-state index in [-0.39, 0.29) is 27.7 Å². The summed E-state index contributed by atoms with van der Waals surface area (Å²) in [6.45, 7) is 16.5. The highest BCUT2D eigenvalue weighted by Crippen LogP contribution is 2.51. The van der Waals surface area contributed by atoms with Crippen molar-refractivity contribution < 1.29 is 9.53 Å². The molecule has 0 aromatic rings. The molecule has 2 aliphatic rings. The third-order valence-corrected chi connectivity index (χ3v) is 8.31. The first-order valence-corrected chi connectivity index (χ1v) is 9.86. The maximum absolute atomic E-state index is 12.1. The van der Waals surface area contributed by atoms with E-state index in [9.17, 15) is 4.79 Å². The van der Waals surface area contributed by atoms with Gasteiger partial charge in [0.2, 0.25) is 0 Å². The van der Waals surface area contributed by atoms with Crippen LogP contribution >= 0.6 is 21.6 Å². The average molecular weight is 333 g/mol. The van der Waals surface area contributed by atoms with Crippen molar-refractivity contribution in [1.29, 1.82) is 0 Å². The number of hydrogen-bond acceptors (Lipinski definition) is 6. The predicted octanol–water partition coefficient (Wildman–Crippen LogP) is 2.83. The third kappa shape index (κ3) is 3.71. The van der Waals surface area contributed by atoms with Gasteiger partial charge in [-0.25, -0.2) is 0 Å². The van der Waals surface area contributed by atoms with Gasteiger partial charge in [-0.3, -0.25) is 14.6 Å². The summed E-state index contributed by atoms with van der Waals surface area (Å²) in [6.07, 6.45) is 0.288. The number of esters is 1. The van der Waals surface area contributed by atoms with Crippen molar-refractivity contribution >= 4 is 27.6 Å². The molecule has 4 nitrogen and oxygen atoms in total. The van der Waals surface area contributed by atoms with Gasteiger partial charge in [-0.2, -0.15) is 0 Å². The smallest absolute Gasteiger partial charge is 0.323 e. The van der Waals surface area contributed by atoms with Crippen LogP contribution in [0, 0.1) is 0 Å². The molecule has 0 saturated carbocycles. The second-order valence-electron chi connectivity index (χ2n) is 7.04. The van der Waals surface area contributed by atoms with Crippen LogP contribution in [0.1, 0.15) is 41.5 Å². The summed E-state index contributed by atoms with van der Waals surface area (Å²) < 4.78 is 5.54. The summed E-state index contributed by atoms with van der Waals surface area (Å²) in [4.78, 5) is 17.0. The van der Waals surface area contributed by atoms with Gasteiger partial charge in [0.25, 0.3) is 0 Å². The monoisotopic (exact) mass is 332 g/mol. The molecule has 0 aliphatic carbocycles. The van der Waals surface area contributed by atoms with E-state index in [4.69, 9.17) is 4.74 Å². The minimum absolute atomic E-state index is 0.0791. The number of nitrogens with zero attached hydrogens (tertiary/aromatic N) is 2. The molecule has 2 unspecified atom stereocenters. The lowest BCUT2D eigenvalue weighted by molar-refractivity contribution is -0.150. The SMILES string of the molecule is CCOC(=O)C(C)N1CCN2CC(C)(C)SSC(C)(C)C21. The van der Waals surface area contributed by atoms with Gasteiger partial charge in [-0.15, -0.1) is 0 Å². The van der Waals surface area contributed by atoms with Crippen LogP contribution in [0.15, 0.2) is 0 Å². The van der Waals surface area contributed by atoms with E-state index < -0.39 is 0 Å². The van der Waals surface area contributed by atoms with E-state index in [1.165, 1.54) is 0 Å². The normalized spacial score (nSPS) is 30.5. The summed E-state index contributed by atoms with van der Waals surface area (Å²) in [5.74, 6) is -0.101. The fourth-order valence-electron chi connectivity index (χ4n) is 3.29. The molecule has 6 heteroatoms. The topological polar surface area (TPSA) is 32.8 Å². The van der Waals surface area contributed by atoms with Crippen molar-refractivity contribution in [3.63, 3.8) is 0 Å². The molecular formula is C15H28N2O2S2. The van der Waals surface area contributed by atoms with Crippen molar-refractivity contribution in [2.24, 2.45) is 0 Å². The highest BCUT2D eigenvalue weighted by Gasteiger charge is 2.50. The zero-order valence-electron chi connectivity index (χ0n) is 14.0. The van der Waals surface area contributed by atoms with Crippen LogP contribution in [0.25, 0.3) is 0 Å². The van der Waals surface area contributed by atoms with E-state index in [1.807, 2.05) is 35.4 Å². The predicted molar refractivity (Wildman–Crippen MR) is 91.5 cm³/mol. The van der Waals surface area contributed by atoms with Gasteiger partial charge in [0.1, 0.15) is 6.04 Å². The van der Waals surface area contributed by atoms with Crippen molar-refractivity contribution in [2.45, 2.75) is 63.2 Å². The first-order valence-electron chi connectivity index (χ1n) is 7.71. The highest BCUT2D eigenvalue weighted by molar-refractivity contribution is 8.77. The van der Waals surface area contributed by atoms with Crippen LogP contribution in [0.3, 0.4) is 0 Å². The minimum atomic E-state index is -0.175. The van der Waals surface area contributed by atoms with Gasteiger partial charge in [0, 0.05) is 29.1 Å². The van der Waals surface area contributed by atoms with Crippen LogP contribution in [0.2, 0.25) is 0 Å². The fourth-order valence-corrected chi connectivity index (χ4v) is 6.05. The quantitative estimate of drug-likeness (QED) is 0.584. The second-order valence-corrected chi connectivity index (χ2v) is 10.5. The Morgan fingerprint density at radius 1 is 1.29 bits per heavy atom. The summed E-state index contributed by atoms with van der Waals surface area (Å²) >= 11 is 0. The second kappa shape index (κ2) is 6.30. The first kappa shape index (κ1) is 17.4. The maximum atomic E-state index is 12.1. The molecule has 122 valence electrons. The Bertz CT molecular complexity index is 401. The summed E-state index contributed by atoms with van der Waals surface area (Å²) in [6, 6.07) is -0.175. The average Bonchev–Trinajstić information content (AvgIpc) is 2.76. The molecule has 2 heterocycles. The Kier molecular flexibility index (Phi) is 5.23. The molecule has 0 aromatic carbocycles. The maximum Gasteiger partial charge on any atom is 0.323 e. The van der Waals surface area contributed by atoms with Gasteiger partial charge in [0.15, 0.2) is 0 Å². The summed E-state index contributed by atoms with van der Waals surface area (Å²) in [7, 11) is 3.92. The zero-order valence-corrected chi connectivity index (χ0v) is 15.6. The molecule has 2 saturated heterocycles. The molecular weight excluding hydrogens is 304 g/mol. The lowest BCUT2D eigenvalue weighted by atomic mass is 10.1. The number of rotatable bonds is 3. The number of carbonyl (C=O) groups excluding carboxylic acids is 1. The molecule has 2 atom stereocenters. The molecule has 2 aliphatic heterocycles. The van der Waals surface area contributed by atoms with E-state index in [0.717, 1.165) is 19.6 Å². The number of ether oxygens (including phenoxy) is 1. The van der Waals surface area contributed by atoms with Crippen molar-refractivity contribution in [1.82, 2.24) is 9.80 Å². The fraction of sp³-hybridized carbons (Fsp3) is 0.933. The van der Waals surface area contributed by atoms with E-state index in [0.29, 0.717) is 6.61 Å². The molecule has 2 fully saturated rings. The molecule has 0 N–H and O–H groups in total. The lowest BCUT2D eigenvalue weighted by Crippen LogP contribution is -2.55. The van der Waals surface area contributed by atoms with Gasteiger partial charge in [-0.05, 0) is 41.5 Å². The molecule has 0 aromatic heterocycles. The lowest BCUT2D eigenvalue weighted by Gasteiger charge is -2.41. The van der Waals surface area contributed by atoms with Gasteiger partial charge in [-0.1, -0.05) is 21.6 Å². The standard InChI is InChI=1S/C15H28N2O2S2/c1-7-19-12(18)11(2)17-9-8-16-10-14(3,4)20-21-15(5,6)13(16)17/h11,13H,7-10H2,1-6H3. The molecule has 0 amide bonds. The third-order valence-electron chi connectivity index (χ3n) is 4.12. The highest BCUT2D eigenvalue weighted by atomic mass is 33.1. The first-order chi connectivity index (χ1) is 9.68. The van der Waals surface area contributed by atoms with Crippen LogP contribution in [-0.2, 0) is 9.53 Å². The van der Waals surface area contributed by atoms with E-state index in [2.05, 4.69) is 37.5 Å². The Morgan fingerprint density at radius 2 is 1.95 bits per heavy atom. The van der Waals surface area contributed by atoms with Crippen LogP contribution in [0.4, 0.5) is 0 Å². The van der Waals surface area contributed by atoms with Crippen molar-refractivity contribution in [3.05, 3.63) is 0 Å². The Hall–Kier alpha value is 0.0900. The van der Waals surface area contributed by atoms with Gasteiger partial charge < -0.3 is 4.74 Å². The largest absolute Gasteiger partial charge is 0.465 e. The Morgan fingerprint density at radius 3 is 2.57 bits per heavy atom. The van der Waals surface area contributed by atoms with Gasteiger partial charge >= 0.3 is 5.97 Å². The molecule has 21 heavy (non-hydrogen) atoms. The number of carbonyl (C=O) groups is 1. The van der Waals surface area contributed by atoms with Crippen molar-refractivity contribution in [3.8, 4) is 0 Å². The summed E-state index contributed by atoms with van der Waals surface area (Å²) in [5.41, 5.74) is 0. The van der Waals surface area contributed by atoms with Crippen molar-refractivity contribution in [2.75, 3.05) is 26.2 Å². The van der Waals surface area contributed by atoms with E-state index >= 15 is 0 Å². The number of hydrogen-bond donors (Lipinski definition) is 0. The van der Waals surface area contributed by atoms with E-state index in [1.54, 1.807) is 0 Å². The minimum Gasteiger partial charge on any atom is -0.465 e. The molecule has 0 spiro atoms. The molecule has 0 radical (unpaired) electrons. The van der Waals surface area contributed by atoms with Crippen LogP contribution in [0.5, 0.6) is 0 Å². The van der Waals surface area contributed by atoms with Crippen LogP contribution in [-0.4, -0.2) is 63.7 Å². The van der Waals surface area contributed by atoms with Gasteiger partial charge in [0.05, 0.1) is 12.8 Å². The Balaban J connectivity index is 2.21.